The molecular weight excluding hydrogens is 1240 g/mol. The van der Waals surface area contributed by atoms with E-state index >= 15 is 0 Å². The molecule has 11 rings (SSSR count). The van der Waals surface area contributed by atoms with Crippen LogP contribution in [0, 0.1) is 6.92 Å². The van der Waals surface area contributed by atoms with Crippen molar-refractivity contribution in [1.82, 2.24) is 0 Å². The van der Waals surface area contributed by atoms with Crippen molar-refractivity contribution in [3.63, 3.8) is 0 Å². The van der Waals surface area contributed by atoms with Crippen LogP contribution in [0.2, 0.25) is 0 Å². The first-order chi connectivity index (χ1) is 42.8. The van der Waals surface area contributed by atoms with Gasteiger partial charge in [-0.05, 0) is 116 Å². The average Bonchev–Trinajstić information content (AvgIpc) is 0.797. The third-order valence-corrected chi connectivity index (χ3v) is 14.8. The number of carboxylic acids is 6. The van der Waals surface area contributed by atoms with Crippen LogP contribution in [0.4, 0.5) is 0 Å². The summed E-state index contributed by atoms with van der Waals surface area (Å²) < 4.78 is 88.4. The first kappa shape index (κ1) is 69.3. The molecule has 23 nitrogen and oxygen atoms in total. The van der Waals surface area contributed by atoms with E-state index in [1.807, 2.05) is 61.5 Å². The third kappa shape index (κ3) is 18.2. The summed E-state index contributed by atoms with van der Waals surface area (Å²) in [5, 5.41) is 68.7. The van der Waals surface area contributed by atoms with Gasteiger partial charge in [0.15, 0.2) is 0 Å². The Kier molecular flexibility index (Phi) is 22.8. The zero-order valence-corrected chi connectivity index (χ0v) is 49.8. The zero-order valence-electron chi connectivity index (χ0n) is 47.3. The summed E-state index contributed by atoms with van der Waals surface area (Å²) in [5.41, 5.74) is 4.35. The summed E-state index contributed by atoms with van der Waals surface area (Å²) in [6, 6.07) is 55.5. The highest BCUT2D eigenvalue weighted by Crippen LogP contribution is 2.37. The number of carboxylic acid groups (broad SMARTS) is 6. The smallest absolute Gasteiger partial charge is 0.336 e. The van der Waals surface area contributed by atoms with Crippen LogP contribution in [0.15, 0.2) is 216 Å². The van der Waals surface area contributed by atoms with Gasteiger partial charge in [-0.1, -0.05) is 157 Å². The van der Waals surface area contributed by atoms with Crippen LogP contribution < -0.4 is 0 Å². The van der Waals surface area contributed by atoms with Gasteiger partial charge in [0.1, 0.15) is 11.5 Å². The quantitative estimate of drug-likeness (QED) is 0.0327. The first-order valence-corrected chi connectivity index (χ1v) is 30.7. The van der Waals surface area contributed by atoms with Gasteiger partial charge in [0.25, 0.3) is 30.4 Å². The SMILES string of the molecule is CS(=O)(=O)O.Cc1cccc(C(=O)O)c1.O=C(O)c1ccc(C(=O)O)c2ccccc12.O=C(O)c1cccc2c(COO)cccc12.O=C(O)c1cccc2cccc(-c3cccc4cccc(C(=O)O)c34)c12.O=S(=O)(O)c1cc(S(=O)(=O)O)c2ccccc2c1. The van der Waals surface area contributed by atoms with Gasteiger partial charge in [0.05, 0.1) is 44.5 Å². The summed E-state index contributed by atoms with van der Waals surface area (Å²) in [6.45, 7) is 1.91. The highest BCUT2D eigenvalue weighted by atomic mass is 32.2. The molecule has 0 atom stereocenters. The van der Waals surface area contributed by atoms with E-state index in [0.717, 1.165) is 33.4 Å². The van der Waals surface area contributed by atoms with Gasteiger partial charge in [-0.15, -0.1) is 0 Å². The third-order valence-electron chi connectivity index (χ3n) is 13.0. The van der Waals surface area contributed by atoms with Crippen molar-refractivity contribution in [3.05, 3.63) is 251 Å². The van der Waals surface area contributed by atoms with Crippen molar-refractivity contribution in [2.24, 2.45) is 0 Å². The van der Waals surface area contributed by atoms with Gasteiger partial charge in [0, 0.05) is 16.2 Å². The van der Waals surface area contributed by atoms with E-state index in [1.165, 1.54) is 24.3 Å². The number of carbonyl (C=O) groups is 6. The summed E-state index contributed by atoms with van der Waals surface area (Å²) in [6.07, 6.45) is 0.715. The number of aryl methyl sites for hydroxylation is 1. The fourth-order valence-corrected chi connectivity index (χ4v) is 10.7. The molecule has 0 saturated heterocycles. The standard InChI is InChI=1S/C22H14O4.C12H10O4.C12H8O4.C10H8O6S2.C8H8O2.CH4O3S/c23-21(24)17-11-3-7-13-5-1-9-15(19(13)17)16-10-2-6-14-8-4-12-18(20(14)16)22(25)26;13-12(14)11-6-2-4-9-8(7-16-15)3-1-5-10(9)11;13-11(14)9-5-6-10(12(15)16)8-4-2-1-3-7(8)9;11-17(12,13)8-5-7-3-1-2-4-9(7)10(6-8)18(14,15)16;1-6-3-2-4-7(5-6)8(9)10;1-5(2,3)4/h1-12H,(H,23,24)(H,25,26);1-6,15H,7H2,(H,13,14);1-6H,(H,13,14)(H,15,16);1-6H,(H,11,12,13)(H,14,15,16);2-5H,1H3,(H,9,10);1H3,(H,2,3,4). The molecule has 468 valence electrons. The number of rotatable bonds is 11. The maximum atomic E-state index is 11.7. The molecule has 11 aromatic carbocycles. The number of hydrogen-bond donors (Lipinski definition) is 10. The van der Waals surface area contributed by atoms with Crippen LogP contribution in [-0.4, -0.2) is 117 Å². The second-order valence-corrected chi connectivity index (χ2v) is 23.5. The molecule has 0 aliphatic carbocycles. The minimum atomic E-state index is -4.59. The Morgan fingerprint density at radius 1 is 0.374 bits per heavy atom. The molecule has 0 fully saturated rings. The minimum Gasteiger partial charge on any atom is -0.478 e. The Hall–Kier alpha value is -10.8. The molecule has 26 heteroatoms. The van der Waals surface area contributed by atoms with E-state index in [1.54, 1.807) is 115 Å². The maximum Gasteiger partial charge on any atom is 0.336 e. The molecule has 0 bridgehead atoms. The summed E-state index contributed by atoms with van der Waals surface area (Å²) in [5.74, 6) is -5.99. The molecule has 0 amide bonds. The van der Waals surface area contributed by atoms with Crippen molar-refractivity contribution >= 4 is 120 Å². The molecule has 0 aromatic heterocycles. The minimum absolute atomic E-state index is 0.0421. The maximum absolute atomic E-state index is 11.7. The van der Waals surface area contributed by atoms with Crippen LogP contribution in [0.3, 0.4) is 0 Å². The fourth-order valence-electron chi connectivity index (χ4n) is 9.31. The van der Waals surface area contributed by atoms with Gasteiger partial charge in [0.2, 0.25) is 0 Å². The van der Waals surface area contributed by atoms with E-state index in [-0.39, 0.29) is 45.2 Å². The van der Waals surface area contributed by atoms with Gasteiger partial charge in [-0.25, -0.2) is 33.7 Å². The molecular formula is C65H52O23S3. The average molecular weight is 1300 g/mol. The topological polar surface area (TPSA) is 416 Å². The van der Waals surface area contributed by atoms with Crippen LogP contribution in [-0.2, 0) is 41.8 Å². The summed E-state index contributed by atoms with van der Waals surface area (Å²) in [4.78, 5) is 69.7. The molecule has 91 heavy (non-hydrogen) atoms. The van der Waals surface area contributed by atoms with Crippen molar-refractivity contribution in [1.29, 1.82) is 0 Å². The molecule has 0 radical (unpaired) electrons. The largest absolute Gasteiger partial charge is 0.478 e. The van der Waals surface area contributed by atoms with E-state index in [4.69, 9.17) is 39.3 Å². The lowest BCUT2D eigenvalue weighted by Crippen LogP contribution is -2.04. The molecule has 10 N–H and O–H groups in total. The number of benzene rings is 11. The van der Waals surface area contributed by atoms with Crippen LogP contribution in [0.5, 0.6) is 0 Å². The predicted molar refractivity (Wildman–Crippen MR) is 336 cm³/mol. The van der Waals surface area contributed by atoms with Gasteiger partial charge in [-0.3, -0.25) is 18.9 Å². The van der Waals surface area contributed by atoms with E-state index in [2.05, 4.69) is 4.89 Å². The van der Waals surface area contributed by atoms with Gasteiger partial charge < -0.3 is 30.6 Å². The highest BCUT2D eigenvalue weighted by molar-refractivity contribution is 7.86. The molecule has 0 heterocycles. The number of fused-ring (bicyclic) bond motifs is 5. The van der Waals surface area contributed by atoms with Crippen LogP contribution in [0.25, 0.3) is 65.0 Å². The molecule has 0 spiro atoms. The number of hydrogen-bond acceptors (Lipinski definition) is 14. The molecule has 0 unspecified atom stereocenters. The zero-order chi connectivity index (χ0) is 67.1. The van der Waals surface area contributed by atoms with Gasteiger partial charge >= 0.3 is 35.8 Å². The molecule has 0 saturated carbocycles. The lowest BCUT2D eigenvalue weighted by atomic mass is 9.90. The fraction of sp³-hybridized carbons (Fsp3) is 0.0462. The first-order valence-electron chi connectivity index (χ1n) is 26.0. The summed E-state index contributed by atoms with van der Waals surface area (Å²) in [7, 11) is -12.8. The van der Waals surface area contributed by atoms with E-state index in [0.29, 0.717) is 55.9 Å². The monoisotopic (exact) mass is 1300 g/mol. The van der Waals surface area contributed by atoms with E-state index < -0.39 is 76.0 Å². The normalized spacial score (nSPS) is 11.0. The van der Waals surface area contributed by atoms with Crippen molar-refractivity contribution in [3.8, 4) is 11.1 Å². The van der Waals surface area contributed by atoms with Crippen molar-refractivity contribution in [2.45, 2.75) is 23.3 Å². The summed E-state index contributed by atoms with van der Waals surface area (Å²) >= 11 is 0. The second-order valence-electron chi connectivity index (χ2n) is 19.2. The molecule has 0 aliphatic heterocycles. The molecule has 0 aliphatic rings. The van der Waals surface area contributed by atoms with Crippen molar-refractivity contribution in [2.75, 3.05) is 6.26 Å². The van der Waals surface area contributed by atoms with Crippen molar-refractivity contribution < 1.29 is 108 Å². The Bertz CT molecular complexity index is 4820. The predicted octanol–water partition coefficient (Wildman–Crippen LogP) is 12.4. The van der Waals surface area contributed by atoms with E-state index in [9.17, 15) is 64.2 Å². The Labute approximate surface area is 517 Å². The Morgan fingerprint density at radius 2 is 0.736 bits per heavy atom. The van der Waals surface area contributed by atoms with Gasteiger partial charge in [-0.2, -0.15) is 25.3 Å². The Morgan fingerprint density at radius 3 is 1.15 bits per heavy atom. The highest BCUT2D eigenvalue weighted by Gasteiger charge is 2.21. The Balaban J connectivity index is 0.000000182. The lowest BCUT2D eigenvalue weighted by Gasteiger charge is -2.13. The van der Waals surface area contributed by atoms with Crippen LogP contribution in [0.1, 0.15) is 73.3 Å². The molecule has 11 aromatic rings. The van der Waals surface area contributed by atoms with Crippen LogP contribution >= 0.6 is 0 Å². The number of aromatic carboxylic acids is 6. The second kappa shape index (κ2) is 29.9. The lowest BCUT2D eigenvalue weighted by molar-refractivity contribution is -0.252.